The Balaban J connectivity index is 1.54. The van der Waals surface area contributed by atoms with Crippen molar-refractivity contribution in [1.82, 2.24) is 19.6 Å². The number of para-hydroxylation sites is 1. The molecule has 3 aromatic carbocycles. The molecule has 6 rings (SSSR count). The minimum absolute atomic E-state index is 0.841. The van der Waals surface area contributed by atoms with Gasteiger partial charge in [0.2, 0.25) is 4.96 Å². The lowest BCUT2D eigenvalue weighted by Crippen LogP contribution is -1.99. The van der Waals surface area contributed by atoms with Crippen LogP contribution in [0, 0.1) is 0 Å². The van der Waals surface area contributed by atoms with E-state index in [-0.39, 0.29) is 0 Å². The van der Waals surface area contributed by atoms with Crippen LogP contribution in [0.25, 0.3) is 49.8 Å². The summed E-state index contributed by atoms with van der Waals surface area (Å²) in [5.74, 6) is 0.856. The van der Waals surface area contributed by atoms with E-state index in [9.17, 15) is 0 Å². The van der Waals surface area contributed by atoms with E-state index in [0.29, 0.717) is 0 Å². The predicted octanol–water partition coefficient (Wildman–Crippen LogP) is 5.78. The van der Waals surface area contributed by atoms with Crippen molar-refractivity contribution < 1.29 is 0 Å². The van der Waals surface area contributed by atoms with Gasteiger partial charge in [-0.1, -0.05) is 72.8 Å². The zero-order valence-electron chi connectivity index (χ0n) is 14.8. The van der Waals surface area contributed by atoms with E-state index in [4.69, 9.17) is 4.98 Å². The maximum absolute atomic E-state index is 4.83. The van der Waals surface area contributed by atoms with Gasteiger partial charge >= 0.3 is 0 Å². The molecule has 0 aliphatic carbocycles. The van der Waals surface area contributed by atoms with Crippen LogP contribution in [0.3, 0.4) is 0 Å². The molecular formula is C23H14N4S. The summed E-state index contributed by atoms with van der Waals surface area (Å²) in [4.78, 5) is 5.68. The zero-order chi connectivity index (χ0) is 18.5. The Bertz CT molecular complexity index is 1400. The summed E-state index contributed by atoms with van der Waals surface area (Å²) in [6.07, 6.45) is 0. The topological polar surface area (TPSA) is 43.1 Å². The molecule has 4 aromatic rings. The Morgan fingerprint density at radius 3 is 2.25 bits per heavy atom. The fourth-order valence-corrected chi connectivity index (χ4v) is 4.49. The van der Waals surface area contributed by atoms with Crippen molar-refractivity contribution >= 4 is 27.2 Å². The van der Waals surface area contributed by atoms with Crippen LogP contribution < -0.4 is 0 Å². The summed E-state index contributed by atoms with van der Waals surface area (Å²) in [5, 5.41) is 12.0. The Hall–Kier alpha value is -3.57. The standard InChI is InChI=1S/C23H14N4S/c1-2-6-15(7-3-1)16-10-12-17(13-11-16)20-14-28-23-26-25-21-18-8-4-5-9-19(18)24-22(21)27(20)23/h1-14H. The number of hydrogen-bond donors (Lipinski definition) is 0. The highest BCUT2D eigenvalue weighted by atomic mass is 32.1. The van der Waals surface area contributed by atoms with E-state index in [0.717, 1.165) is 38.6 Å². The van der Waals surface area contributed by atoms with Crippen LogP contribution >= 0.6 is 11.3 Å². The summed E-state index contributed by atoms with van der Waals surface area (Å²) >= 11 is 1.58. The maximum Gasteiger partial charge on any atom is 0.216 e. The molecule has 0 spiro atoms. The van der Waals surface area contributed by atoms with Crippen molar-refractivity contribution in [2.75, 3.05) is 0 Å². The summed E-state index contributed by atoms with van der Waals surface area (Å²) < 4.78 is 2.12. The third-order valence-corrected chi connectivity index (χ3v) is 5.86. The molecule has 0 atom stereocenters. The van der Waals surface area contributed by atoms with Crippen molar-refractivity contribution in [1.29, 1.82) is 0 Å². The molecule has 0 saturated carbocycles. The molecule has 0 N–H and O–H groups in total. The second kappa shape index (κ2) is 5.97. The highest BCUT2D eigenvalue weighted by molar-refractivity contribution is 7.15. The maximum atomic E-state index is 4.83. The molecule has 0 radical (unpaired) electrons. The first-order valence-corrected chi connectivity index (χ1v) is 9.93. The number of fused-ring (bicyclic) bond motifs is 5. The number of aromatic nitrogens is 4. The van der Waals surface area contributed by atoms with E-state index in [1.165, 1.54) is 11.1 Å². The first-order valence-electron chi connectivity index (χ1n) is 9.05. The Labute approximate surface area is 165 Å². The van der Waals surface area contributed by atoms with Crippen molar-refractivity contribution in [3.05, 3.63) is 84.2 Å². The lowest BCUT2D eigenvalue weighted by atomic mass is 10.0. The summed E-state index contributed by atoms with van der Waals surface area (Å²) in [5.41, 5.74) is 6.43. The quantitative estimate of drug-likeness (QED) is 0.384. The number of thiazole rings is 1. The van der Waals surface area contributed by atoms with E-state index in [1.54, 1.807) is 11.3 Å². The third kappa shape index (κ3) is 2.27. The molecule has 2 aliphatic heterocycles. The fourth-order valence-electron chi connectivity index (χ4n) is 3.66. The van der Waals surface area contributed by atoms with E-state index in [1.807, 2.05) is 30.3 Å². The van der Waals surface area contributed by atoms with Gasteiger partial charge in [0.1, 0.15) is 5.69 Å². The van der Waals surface area contributed by atoms with Gasteiger partial charge < -0.3 is 0 Å². The molecule has 4 nitrogen and oxygen atoms in total. The predicted molar refractivity (Wildman–Crippen MR) is 114 cm³/mol. The smallest absolute Gasteiger partial charge is 0.216 e. The molecule has 3 heterocycles. The van der Waals surface area contributed by atoms with Crippen molar-refractivity contribution in [3.8, 4) is 33.9 Å². The van der Waals surface area contributed by atoms with Gasteiger partial charge in [-0.05, 0) is 22.8 Å². The lowest BCUT2D eigenvalue weighted by Gasteiger charge is -2.07. The van der Waals surface area contributed by atoms with Gasteiger partial charge in [-0.2, -0.15) is 0 Å². The van der Waals surface area contributed by atoms with Gasteiger partial charge in [-0.15, -0.1) is 21.5 Å². The molecule has 0 fully saturated rings. The molecule has 0 bridgehead atoms. The van der Waals surface area contributed by atoms with Crippen LogP contribution in [-0.4, -0.2) is 19.6 Å². The molecule has 0 saturated heterocycles. The average Bonchev–Trinajstić information content (AvgIpc) is 3.36. The molecule has 132 valence electrons. The average molecular weight is 378 g/mol. The Morgan fingerprint density at radius 2 is 1.39 bits per heavy atom. The first kappa shape index (κ1) is 15.5. The number of rotatable bonds is 2. The molecule has 2 aliphatic rings. The number of benzene rings is 3. The SMILES string of the molecule is c1ccc(-c2ccc(-c3csc4nnc5c6ccccc6nc-5n34)cc2)cc1. The second-order valence-electron chi connectivity index (χ2n) is 6.68. The second-order valence-corrected chi connectivity index (χ2v) is 7.52. The van der Waals surface area contributed by atoms with E-state index < -0.39 is 0 Å². The minimum atomic E-state index is 0.841. The molecule has 1 aromatic heterocycles. The number of hydrogen-bond acceptors (Lipinski definition) is 4. The Morgan fingerprint density at radius 1 is 0.679 bits per heavy atom. The molecule has 0 amide bonds. The monoisotopic (exact) mass is 378 g/mol. The van der Waals surface area contributed by atoms with Crippen molar-refractivity contribution in [3.63, 3.8) is 0 Å². The minimum Gasteiger partial charge on any atom is -0.266 e. The fraction of sp³-hybridized carbons (Fsp3) is 0. The van der Waals surface area contributed by atoms with Crippen LogP contribution in [0.15, 0.2) is 84.2 Å². The van der Waals surface area contributed by atoms with Gasteiger partial charge in [0.15, 0.2) is 5.82 Å². The third-order valence-electron chi connectivity index (χ3n) is 5.04. The van der Waals surface area contributed by atoms with Gasteiger partial charge in [-0.3, -0.25) is 4.40 Å². The molecule has 28 heavy (non-hydrogen) atoms. The van der Waals surface area contributed by atoms with E-state index >= 15 is 0 Å². The van der Waals surface area contributed by atoms with Crippen LogP contribution in [0.2, 0.25) is 0 Å². The molecule has 5 heteroatoms. The Kier molecular flexibility index (Phi) is 3.30. The van der Waals surface area contributed by atoms with Gasteiger partial charge in [-0.25, -0.2) is 4.98 Å². The van der Waals surface area contributed by atoms with Crippen molar-refractivity contribution in [2.45, 2.75) is 0 Å². The highest BCUT2D eigenvalue weighted by Gasteiger charge is 2.20. The van der Waals surface area contributed by atoms with Gasteiger partial charge in [0.25, 0.3) is 0 Å². The summed E-state index contributed by atoms with van der Waals surface area (Å²) in [6.45, 7) is 0. The molecule has 0 unspecified atom stereocenters. The van der Waals surface area contributed by atoms with Crippen LogP contribution in [0.1, 0.15) is 0 Å². The lowest BCUT2D eigenvalue weighted by molar-refractivity contribution is 0.989. The van der Waals surface area contributed by atoms with Crippen LogP contribution in [-0.2, 0) is 0 Å². The van der Waals surface area contributed by atoms with Crippen LogP contribution in [0.4, 0.5) is 0 Å². The first-order chi connectivity index (χ1) is 13.9. The number of nitrogens with zero attached hydrogens (tertiary/aromatic N) is 4. The summed E-state index contributed by atoms with van der Waals surface area (Å²) in [7, 11) is 0. The zero-order valence-corrected chi connectivity index (χ0v) is 15.6. The highest BCUT2D eigenvalue weighted by Crippen LogP contribution is 2.34. The van der Waals surface area contributed by atoms with Crippen molar-refractivity contribution in [2.24, 2.45) is 0 Å². The normalized spacial score (nSPS) is 11.6. The van der Waals surface area contributed by atoms with Gasteiger partial charge in [0, 0.05) is 10.8 Å². The summed E-state index contributed by atoms with van der Waals surface area (Å²) in [6, 6.07) is 27.1. The van der Waals surface area contributed by atoms with Crippen LogP contribution in [0.5, 0.6) is 0 Å². The largest absolute Gasteiger partial charge is 0.266 e. The molecular weight excluding hydrogens is 364 g/mol. The van der Waals surface area contributed by atoms with Gasteiger partial charge in [0.05, 0.1) is 11.2 Å². The van der Waals surface area contributed by atoms with E-state index in [2.05, 4.69) is 68.5 Å².